The molecule has 1 amide bonds. The van der Waals surface area contributed by atoms with Crippen molar-refractivity contribution in [1.29, 1.82) is 0 Å². The normalized spacial score (nSPS) is 10.0. The van der Waals surface area contributed by atoms with Crippen molar-refractivity contribution in [3.05, 3.63) is 48.3 Å². The summed E-state index contributed by atoms with van der Waals surface area (Å²) in [5.74, 6) is 0.128. The lowest BCUT2D eigenvalue weighted by atomic mass is 10.0. The van der Waals surface area contributed by atoms with Gasteiger partial charge in [0, 0.05) is 24.9 Å². The van der Waals surface area contributed by atoms with Crippen LogP contribution in [0.3, 0.4) is 0 Å². The van der Waals surface area contributed by atoms with Crippen LogP contribution in [0.2, 0.25) is 0 Å². The first-order valence-corrected chi connectivity index (χ1v) is 6.36. The number of hydrogen-bond donors (Lipinski definition) is 1. The van der Waals surface area contributed by atoms with Crippen LogP contribution in [0.25, 0.3) is 16.8 Å². The van der Waals surface area contributed by atoms with E-state index in [4.69, 9.17) is 0 Å². The first-order valence-electron chi connectivity index (χ1n) is 6.36. The summed E-state index contributed by atoms with van der Waals surface area (Å²) >= 11 is 0. The Morgan fingerprint density at radius 1 is 1.27 bits per heavy atom. The third kappa shape index (κ3) is 2.93. The summed E-state index contributed by atoms with van der Waals surface area (Å²) in [4.78, 5) is 18.5. The lowest BCUT2D eigenvalue weighted by Gasteiger charge is -2.06. The first-order chi connectivity index (χ1) is 10.7. The van der Waals surface area contributed by atoms with Gasteiger partial charge in [-0.25, -0.2) is 9.37 Å². The number of carbonyl (C=O) groups is 1. The average Bonchev–Trinajstić information content (AvgIpc) is 2.94. The van der Waals surface area contributed by atoms with E-state index >= 15 is 0 Å². The molecule has 0 atom stereocenters. The van der Waals surface area contributed by atoms with Crippen LogP contribution in [-0.2, 0) is 4.79 Å². The number of alkyl halides is 1. The van der Waals surface area contributed by atoms with E-state index in [1.54, 1.807) is 29.8 Å². The number of fused-ring (bicyclic) bond motifs is 1. The molecular weight excluding hydrogens is 290 g/mol. The van der Waals surface area contributed by atoms with Crippen LogP contribution in [0.15, 0.2) is 36.9 Å². The zero-order valence-corrected chi connectivity index (χ0v) is 12.0. The topological polar surface area (TPSA) is 59.3 Å². The predicted molar refractivity (Wildman–Crippen MR) is 82.0 cm³/mol. The van der Waals surface area contributed by atoms with Crippen molar-refractivity contribution >= 4 is 17.9 Å². The number of hydrogen-bond acceptors (Lipinski definition) is 3. The molecule has 0 spiro atoms. The van der Waals surface area contributed by atoms with Crippen molar-refractivity contribution in [1.82, 2.24) is 14.4 Å². The SMILES string of the molecule is CF.Cc1c(F)cncc1-c1ccc2nc(NC=O)cn2c1.[HH]. The minimum absolute atomic E-state index is 0. The van der Waals surface area contributed by atoms with Crippen molar-refractivity contribution in [2.75, 3.05) is 12.5 Å². The highest BCUT2D eigenvalue weighted by Gasteiger charge is 2.08. The third-order valence-electron chi connectivity index (χ3n) is 3.12. The van der Waals surface area contributed by atoms with Crippen molar-refractivity contribution < 1.29 is 15.0 Å². The highest BCUT2D eigenvalue weighted by Crippen LogP contribution is 2.24. The van der Waals surface area contributed by atoms with Gasteiger partial charge in [0.25, 0.3) is 0 Å². The molecule has 0 aliphatic carbocycles. The molecule has 0 unspecified atom stereocenters. The number of carbonyl (C=O) groups excluding carboxylic acids is 1. The summed E-state index contributed by atoms with van der Waals surface area (Å²) in [6.45, 7) is 1.71. The Balaban J connectivity index is 0.000000849. The van der Waals surface area contributed by atoms with Gasteiger partial charge in [-0.05, 0) is 24.6 Å². The lowest BCUT2D eigenvalue weighted by molar-refractivity contribution is -0.105. The minimum Gasteiger partial charge on any atom is -0.312 e. The molecule has 3 aromatic rings. The number of imidazole rings is 1. The van der Waals surface area contributed by atoms with Crippen LogP contribution in [0.4, 0.5) is 14.6 Å². The van der Waals surface area contributed by atoms with E-state index in [2.05, 4.69) is 15.3 Å². The lowest BCUT2D eigenvalue weighted by Crippen LogP contribution is -1.92. The van der Waals surface area contributed by atoms with E-state index in [1.165, 1.54) is 6.20 Å². The molecular formula is C15H16F2N4O. The van der Waals surface area contributed by atoms with Crippen molar-refractivity contribution in [3.8, 4) is 11.1 Å². The second-order valence-electron chi connectivity index (χ2n) is 4.37. The molecule has 3 heterocycles. The fourth-order valence-electron chi connectivity index (χ4n) is 2.07. The Morgan fingerprint density at radius 2 is 2.05 bits per heavy atom. The Labute approximate surface area is 127 Å². The summed E-state index contributed by atoms with van der Waals surface area (Å²) in [5, 5.41) is 2.49. The smallest absolute Gasteiger partial charge is 0.212 e. The number of amides is 1. The predicted octanol–water partition coefficient (Wildman–Crippen LogP) is 3.24. The van der Waals surface area contributed by atoms with E-state index in [-0.39, 0.29) is 7.24 Å². The fraction of sp³-hybridized carbons (Fsp3) is 0.133. The van der Waals surface area contributed by atoms with Gasteiger partial charge in [-0.3, -0.25) is 14.2 Å². The zero-order chi connectivity index (χ0) is 16.1. The molecule has 0 aliphatic heterocycles. The number of pyridine rings is 2. The highest BCUT2D eigenvalue weighted by atomic mass is 19.1. The van der Waals surface area contributed by atoms with Crippen LogP contribution in [0, 0.1) is 12.7 Å². The van der Waals surface area contributed by atoms with Crippen LogP contribution < -0.4 is 5.32 Å². The summed E-state index contributed by atoms with van der Waals surface area (Å²) < 4.78 is 24.8. The quantitative estimate of drug-likeness (QED) is 0.756. The summed E-state index contributed by atoms with van der Waals surface area (Å²) in [6, 6.07) is 3.64. The number of halogens is 2. The molecule has 0 aromatic carbocycles. The Hall–Kier alpha value is -2.83. The van der Waals surface area contributed by atoms with E-state index in [0.29, 0.717) is 30.6 Å². The molecule has 0 aliphatic rings. The van der Waals surface area contributed by atoms with Crippen LogP contribution in [-0.4, -0.2) is 28.0 Å². The van der Waals surface area contributed by atoms with E-state index in [9.17, 15) is 13.6 Å². The molecule has 0 saturated carbocycles. The van der Waals surface area contributed by atoms with Crippen molar-refractivity contribution in [2.45, 2.75) is 6.92 Å². The fourth-order valence-corrected chi connectivity index (χ4v) is 2.07. The van der Waals surface area contributed by atoms with E-state index < -0.39 is 0 Å². The number of rotatable bonds is 3. The number of nitrogens with one attached hydrogen (secondary N) is 1. The molecule has 0 radical (unpaired) electrons. The summed E-state index contributed by atoms with van der Waals surface area (Å²) in [5.41, 5.74) is 2.80. The minimum atomic E-state index is -0.337. The van der Waals surface area contributed by atoms with Gasteiger partial charge in [-0.2, -0.15) is 0 Å². The number of aromatic nitrogens is 3. The van der Waals surface area contributed by atoms with Crippen LogP contribution in [0.1, 0.15) is 6.99 Å². The molecule has 3 aromatic heterocycles. The van der Waals surface area contributed by atoms with E-state index in [0.717, 1.165) is 11.1 Å². The molecule has 0 bridgehead atoms. The standard InChI is InChI=1S/C14H11FN4O.CH3F.H2/c1-9-11(4-16-5-12(9)15)10-2-3-14-18-13(17-8-20)7-19(14)6-10;1-2;/h2-8H,1H3,(H,17,20);1H3;1H. The number of anilines is 1. The second-order valence-corrected chi connectivity index (χ2v) is 4.37. The van der Waals surface area contributed by atoms with Crippen molar-refractivity contribution in [2.24, 2.45) is 0 Å². The van der Waals surface area contributed by atoms with Crippen LogP contribution in [0.5, 0.6) is 0 Å². The Kier molecular flexibility index (Phi) is 4.77. The molecule has 22 heavy (non-hydrogen) atoms. The highest BCUT2D eigenvalue weighted by molar-refractivity contribution is 5.71. The molecule has 116 valence electrons. The van der Waals surface area contributed by atoms with Gasteiger partial charge in [-0.1, -0.05) is 0 Å². The summed E-state index contributed by atoms with van der Waals surface area (Å²) in [7, 11) is 0.500. The van der Waals surface area contributed by atoms with E-state index in [1.807, 2.05) is 12.3 Å². The van der Waals surface area contributed by atoms with Gasteiger partial charge >= 0.3 is 0 Å². The van der Waals surface area contributed by atoms with Gasteiger partial charge in [0.15, 0.2) is 5.82 Å². The largest absolute Gasteiger partial charge is 0.312 e. The average molecular weight is 306 g/mol. The molecule has 7 heteroatoms. The molecule has 5 nitrogen and oxygen atoms in total. The maximum atomic E-state index is 13.6. The monoisotopic (exact) mass is 306 g/mol. The summed E-state index contributed by atoms with van der Waals surface area (Å²) in [6.07, 6.45) is 6.90. The Morgan fingerprint density at radius 3 is 2.77 bits per heavy atom. The molecule has 3 rings (SSSR count). The van der Waals surface area contributed by atoms with Gasteiger partial charge in [0.05, 0.1) is 19.6 Å². The number of nitrogens with zero attached hydrogens (tertiary/aromatic N) is 3. The van der Waals surface area contributed by atoms with Crippen molar-refractivity contribution in [3.63, 3.8) is 0 Å². The van der Waals surface area contributed by atoms with Gasteiger partial charge in [0.2, 0.25) is 6.41 Å². The first kappa shape index (κ1) is 15.6. The molecule has 1 N–H and O–H groups in total. The van der Waals surface area contributed by atoms with Gasteiger partial charge < -0.3 is 9.72 Å². The third-order valence-corrected chi connectivity index (χ3v) is 3.12. The van der Waals surface area contributed by atoms with Crippen LogP contribution >= 0.6 is 0 Å². The zero-order valence-electron chi connectivity index (χ0n) is 12.0. The maximum absolute atomic E-state index is 13.6. The van der Waals surface area contributed by atoms with Gasteiger partial charge in [-0.15, -0.1) is 0 Å². The Bertz CT molecular complexity index is 807. The molecule has 0 fully saturated rings. The van der Waals surface area contributed by atoms with Gasteiger partial charge in [0.1, 0.15) is 11.5 Å². The second kappa shape index (κ2) is 6.75. The maximum Gasteiger partial charge on any atom is 0.212 e. The molecule has 0 saturated heterocycles.